The van der Waals surface area contributed by atoms with Gasteiger partial charge in [-0.05, 0) is 90.9 Å². The quantitative estimate of drug-likeness (QED) is 0.735. The van der Waals surface area contributed by atoms with Gasteiger partial charge in [0.05, 0.1) is 0 Å². The molecule has 1 aliphatic heterocycles. The molecule has 0 radical (unpaired) electrons. The first-order valence-corrected chi connectivity index (χ1v) is 8.36. The van der Waals surface area contributed by atoms with E-state index in [-0.39, 0.29) is 5.54 Å². The largest absolute Gasteiger partial charge is 0.312 e. The van der Waals surface area contributed by atoms with Gasteiger partial charge in [0.25, 0.3) is 0 Å². The molecule has 0 spiro atoms. The number of unbranched alkanes of at least 4 members (excludes halogenated alkanes) is 1. The zero-order chi connectivity index (χ0) is 14.3. The molecule has 0 bridgehead atoms. The van der Waals surface area contributed by atoms with Crippen molar-refractivity contribution in [2.45, 2.75) is 72.3 Å². The predicted molar refractivity (Wildman–Crippen MR) is 85.6 cm³/mol. The van der Waals surface area contributed by atoms with E-state index in [9.17, 15) is 0 Å². The third kappa shape index (κ3) is 7.94. The summed E-state index contributed by atoms with van der Waals surface area (Å²) in [5, 5.41) is 3.58. The molecule has 1 aliphatic rings. The van der Waals surface area contributed by atoms with Crippen LogP contribution < -0.4 is 5.32 Å². The molecule has 2 nitrogen and oxygen atoms in total. The second-order valence-electron chi connectivity index (χ2n) is 7.66. The molecule has 1 saturated heterocycles. The maximum Gasteiger partial charge on any atom is 0.00965 e. The Balaban J connectivity index is 2.10. The molecule has 0 aromatic rings. The summed E-state index contributed by atoms with van der Waals surface area (Å²) < 4.78 is 0. The van der Waals surface area contributed by atoms with E-state index in [2.05, 4.69) is 44.8 Å². The lowest BCUT2D eigenvalue weighted by atomic mass is 9.89. The summed E-state index contributed by atoms with van der Waals surface area (Å²) in [5.41, 5.74) is 0.271. The van der Waals surface area contributed by atoms with Crippen LogP contribution in [0.2, 0.25) is 0 Å². The summed E-state index contributed by atoms with van der Waals surface area (Å²) in [6, 6.07) is 0. The minimum Gasteiger partial charge on any atom is -0.312 e. The van der Waals surface area contributed by atoms with Crippen molar-refractivity contribution >= 4 is 0 Å². The minimum atomic E-state index is 0.271. The lowest BCUT2D eigenvalue weighted by Gasteiger charge is -2.23. The molecule has 0 amide bonds. The first-order chi connectivity index (χ1) is 8.88. The number of hydrogen-bond acceptors (Lipinski definition) is 2. The molecular formula is C17H36N2. The van der Waals surface area contributed by atoms with Crippen molar-refractivity contribution < 1.29 is 0 Å². The summed E-state index contributed by atoms with van der Waals surface area (Å²) in [4.78, 5) is 2.69. The van der Waals surface area contributed by atoms with Crippen LogP contribution in [0.3, 0.4) is 0 Å². The van der Waals surface area contributed by atoms with Gasteiger partial charge in [-0.2, -0.15) is 0 Å². The predicted octanol–water partition coefficient (Wildman–Crippen LogP) is 3.91. The monoisotopic (exact) mass is 268 g/mol. The van der Waals surface area contributed by atoms with Crippen LogP contribution >= 0.6 is 0 Å². The number of hydrogen-bond donors (Lipinski definition) is 1. The second-order valence-corrected chi connectivity index (χ2v) is 7.66. The summed E-state index contributed by atoms with van der Waals surface area (Å²) in [7, 11) is 0. The van der Waals surface area contributed by atoms with Gasteiger partial charge in [-0.3, -0.25) is 0 Å². The van der Waals surface area contributed by atoms with Crippen LogP contribution in [0.1, 0.15) is 66.7 Å². The summed E-state index contributed by atoms with van der Waals surface area (Å²) in [5.74, 6) is 1.84. The molecule has 19 heavy (non-hydrogen) atoms. The van der Waals surface area contributed by atoms with Gasteiger partial charge >= 0.3 is 0 Å². The Morgan fingerprint density at radius 3 is 2.47 bits per heavy atom. The molecule has 0 aromatic heterocycles. The highest BCUT2D eigenvalue weighted by molar-refractivity contribution is 4.73. The molecule has 0 aromatic carbocycles. The summed E-state index contributed by atoms with van der Waals surface area (Å²) in [6.45, 7) is 16.6. The summed E-state index contributed by atoms with van der Waals surface area (Å²) in [6.07, 6.45) is 6.91. The van der Waals surface area contributed by atoms with E-state index in [4.69, 9.17) is 0 Å². The normalized spacial score (nSPS) is 22.7. The molecule has 1 atom stereocenters. The van der Waals surface area contributed by atoms with Gasteiger partial charge in [-0.25, -0.2) is 0 Å². The van der Waals surface area contributed by atoms with E-state index >= 15 is 0 Å². The van der Waals surface area contributed by atoms with E-state index in [0.717, 1.165) is 18.4 Å². The SMILES string of the molecule is CC(C)C1CCCN(CCCCNC(C)(C)C)CC1. The molecule has 0 aliphatic carbocycles. The Bertz CT molecular complexity index is 230. The van der Waals surface area contributed by atoms with Gasteiger partial charge in [0.15, 0.2) is 0 Å². The van der Waals surface area contributed by atoms with Crippen molar-refractivity contribution in [3.8, 4) is 0 Å². The maximum absolute atomic E-state index is 3.58. The van der Waals surface area contributed by atoms with Gasteiger partial charge in [0.2, 0.25) is 0 Å². The maximum atomic E-state index is 3.58. The molecule has 114 valence electrons. The fourth-order valence-corrected chi connectivity index (χ4v) is 3.00. The average Bonchev–Trinajstić information content (AvgIpc) is 2.52. The zero-order valence-corrected chi connectivity index (χ0v) is 14.0. The van der Waals surface area contributed by atoms with Gasteiger partial charge in [-0.1, -0.05) is 13.8 Å². The lowest BCUT2D eigenvalue weighted by molar-refractivity contribution is 0.265. The Morgan fingerprint density at radius 1 is 1.11 bits per heavy atom. The van der Waals surface area contributed by atoms with Gasteiger partial charge in [0, 0.05) is 5.54 Å². The van der Waals surface area contributed by atoms with Crippen LogP contribution in [0.25, 0.3) is 0 Å². The van der Waals surface area contributed by atoms with Gasteiger partial charge < -0.3 is 10.2 Å². The molecule has 2 heteroatoms. The highest BCUT2D eigenvalue weighted by atomic mass is 15.1. The molecular weight excluding hydrogens is 232 g/mol. The number of likely N-dealkylation sites (tertiary alicyclic amines) is 1. The van der Waals surface area contributed by atoms with Crippen molar-refractivity contribution in [3.05, 3.63) is 0 Å². The zero-order valence-electron chi connectivity index (χ0n) is 14.0. The van der Waals surface area contributed by atoms with Crippen molar-refractivity contribution in [2.75, 3.05) is 26.2 Å². The van der Waals surface area contributed by atoms with E-state index in [1.807, 2.05) is 0 Å². The number of nitrogens with zero attached hydrogens (tertiary/aromatic N) is 1. The standard InChI is InChI=1S/C17H36N2/c1-15(2)16-9-8-13-19(14-10-16)12-7-6-11-18-17(3,4)5/h15-16,18H,6-14H2,1-5H3. The highest BCUT2D eigenvalue weighted by Gasteiger charge is 2.19. The van der Waals surface area contributed by atoms with E-state index in [0.29, 0.717) is 0 Å². The second kappa shape index (κ2) is 8.26. The van der Waals surface area contributed by atoms with E-state index in [1.54, 1.807) is 0 Å². The van der Waals surface area contributed by atoms with Crippen LogP contribution in [0, 0.1) is 11.8 Å². The van der Waals surface area contributed by atoms with Crippen molar-refractivity contribution in [1.82, 2.24) is 10.2 Å². The fraction of sp³-hybridized carbons (Fsp3) is 1.00. The molecule has 1 unspecified atom stereocenters. The van der Waals surface area contributed by atoms with Gasteiger partial charge in [0.1, 0.15) is 0 Å². The van der Waals surface area contributed by atoms with E-state index in [1.165, 1.54) is 51.7 Å². The van der Waals surface area contributed by atoms with Crippen LogP contribution in [0.15, 0.2) is 0 Å². The van der Waals surface area contributed by atoms with Crippen LogP contribution in [0.5, 0.6) is 0 Å². The first kappa shape index (κ1) is 17.0. The Kier molecular flexibility index (Phi) is 7.38. The number of nitrogens with one attached hydrogen (secondary N) is 1. The van der Waals surface area contributed by atoms with Crippen molar-refractivity contribution in [2.24, 2.45) is 11.8 Å². The van der Waals surface area contributed by atoms with Crippen LogP contribution in [0.4, 0.5) is 0 Å². The first-order valence-electron chi connectivity index (χ1n) is 8.36. The summed E-state index contributed by atoms with van der Waals surface area (Å²) >= 11 is 0. The van der Waals surface area contributed by atoms with E-state index < -0.39 is 0 Å². The molecule has 1 rings (SSSR count). The lowest BCUT2D eigenvalue weighted by Crippen LogP contribution is -2.36. The topological polar surface area (TPSA) is 15.3 Å². The third-order valence-electron chi connectivity index (χ3n) is 4.36. The third-order valence-corrected chi connectivity index (χ3v) is 4.36. The molecule has 1 heterocycles. The number of rotatable bonds is 6. The molecule has 0 saturated carbocycles. The van der Waals surface area contributed by atoms with Crippen LogP contribution in [-0.2, 0) is 0 Å². The molecule has 1 N–H and O–H groups in total. The Labute approximate surface area is 121 Å². The smallest absolute Gasteiger partial charge is 0.00965 e. The van der Waals surface area contributed by atoms with Crippen LogP contribution in [-0.4, -0.2) is 36.6 Å². The highest BCUT2D eigenvalue weighted by Crippen LogP contribution is 2.24. The van der Waals surface area contributed by atoms with Crippen molar-refractivity contribution in [3.63, 3.8) is 0 Å². The average molecular weight is 268 g/mol. The molecule has 1 fully saturated rings. The Hall–Kier alpha value is -0.0800. The van der Waals surface area contributed by atoms with Gasteiger partial charge in [-0.15, -0.1) is 0 Å². The van der Waals surface area contributed by atoms with Crippen molar-refractivity contribution in [1.29, 1.82) is 0 Å². The Morgan fingerprint density at radius 2 is 1.84 bits per heavy atom. The minimum absolute atomic E-state index is 0.271. The fourth-order valence-electron chi connectivity index (χ4n) is 3.00.